The summed E-state index contributed by atoms with van der Waals surface area (Å²) in [5, 5.41) is 0. The Morgan fingerprint density at radius 1 is 1.50 bits per heavy atom. The fourth-order valence-electron chi connectivity index (χ4n) is 0. The molecule has 2 heteroatoms. The van der Waals surface area contributed by atoms with Gasteiger partial charge in [-0.2, -0.15) is 0 Å². The molecule has 1 nitrogen and oxygen atoms in total. The van der Waals surface area contributed by atoms with E-state index in [0.29, 0.717) is 0 Å². The van der Waals surface area contributed by atoms with Crippen LogP contribution in [0.3, 0.4) is 0 Å². The number of allylic oxidation sites excluding steroid dienone is 1. The van der Waals surface area contributed by atoms with Crippen LogP contribution in [-0.2, 0) is 0 Å². The van der Waals surface area contributed by atoms with Crippen molar-refractivity contribution < 1.29 is 0 Å². The van der Waals surface area contributed by atoms with E-state index in [4.69, 9.17) is 0 Å². The van der Waals surface area contributed by atoms with Gasteiger partial charge in [0.05, 0.1) is 0 Å². The van der Waals surface area contributed by atoms with Crippen molar-refractivity contribution in [3.05, 3.63) is 12.7 Å². The molecule has 0 spiro atoms. The number of nitrogens with zero attached hydrogens (tertiary/aromatic N) is 1. The Hall–Kier alpha value is 0.430. The van der Waals surface area contributed by atoms with E-state index < -0.39 is 0 Å². The van der Waals surface area contributed by atoms with Gasteiger partial charge in [0.1, 0.15) is 0 Å². The van der Waals surface area contributed by atoms with Crippen LogP contribution in [0, 0.1) is 0 Å². The van der Waals surface area contributed by atoms with Gasteiger partial charge in [-0.05, 0) is 21.1 Å². The summed E-state index contributed by atoms with van der Waals surface area (Å²) in [7, 11) is 6.00. The van der Waals surface area contributed by atoms with Crippen LogP contribution in [-0.4, -0.2) is 30.5 Å². The monoisotopic (exact) mass is 227 g/mol. The van der Waals surface area contributed by atoms with E-state index in [9.17, 15) is 0 Å². The summed E-state index contributed by atoms with van der Waals surface area (Å²) in [4.78, 5) is 2.00. The summed E-state index contributed by atoms with van der Waals surface area (Å²) in [6.45, 7) is 3.47. The Kier molecular flexibility index (Phi) is 14.7. The lowest BCUT2D eigenvalue weighted by atomic mass is 10.8. The molecule has 0 unspecified atom stereocenters. The zero-order chi connectivity index (χ0) is 6.99. The van der Waals surface area contributed by atoms with Crippen LogP contribution >= 0.6 is 22.6 Å². The first-order valence-corrected chi connectivity index (χ1v) is 3.95. The van der Waals surface area contributed by atoms with Crippen LogP contribution in [0.2, 0.25) is 0 Å². The summed E-state index contributed by atoms with van der Waals surface area (Å²) in [5.74, 6) is 0. The van der Waals surface area contributed by atoms with Crippen molar-refractivity contribution in [2.45, 2.75) is 0 Å². The first-order valence-electron chi connectivity index (χ1n) is 2.43. The number of hydrogen-bond acceptors (Lipinski definition) is 1. The van der Waals surface area contributed by atoms with Crippen molar-refractivity contribution in [3.8, 4) is 0 Å². The SMILES string of the molecule is C=CCI.CN(C)C. The second kappa shape index (κ2) is 10.4. The summed E-state index contributed by atoms with van der Waals surface area (Å²) < 4.78 is 1.05. The van der Waals surface area contributed by atoms with Crippen LogP contribution in [0.25, 0.3) is 0 Å². The quantitative estimate of drug-likeness (QED) is 0.375. The average Bonchev–Trinajstić information content (AvgIpc) is 1.65. The molecule has 0 aromatic heterocycles. The second-order valence-electron chi connectivity index (χ2n) is 1.78. The number of halogens is 1. The maximum absolute atomic E-state index is 3.47. The summed E-state index contributed by atoms with van der Waals surface area (Å²) in [6, 6.07) is 0. The van der Waals surface area contributed by atoms with Gasteiger partial charge >= 0.3 is 0 Å². The molecule has 0 fully saturated rings. The Morgan fingerprint density at radius 3 is 1.62 bits per heavy atom. The first kappa shape index (κ1) is 11.3. The second-order valence-corrected chi connectivity index (χ2v) is 2.67. The third-order valence-electron chi connectivity index (χ3n) is 0.109. The van der Waals surface area contributed by atoms with Crippen molar-refractivity contribution in [2.24, 2.45) is 0 Å². The smallest absolute Gasteiger partial charge is 0.0173 e. The average molecular weight is 227 g/mol. The Bertz CT molecular complexity index is 41.0. The lowest BCUT2D eigenvalue weighted by molar-refractivity contribution is 0.505. The topological polar surface area (TPSA) is 3.24 Å². The highest BCUT2D eigenvalue weighted by Crippen LogP contribution is 1.75. The molecule has 0 saturated heterocycles. The number of alkyl halides is 1. The van der Waals surface area contributed by atoms with E-state index in [1.165, 1.54) is 0 Å². The van der Waals surface area contributed by atoms with E-state index in [2.05, 4.69) is 29.2 Å². The highest BCUT2D eigenvalue weighted by molar-refractivity contribution is 14.1. The van der Waals surface area contributed by atoms with Gasteiger partial charge in [-0.15, -0.1) is 6.58 Å². The molecule has 0 aromatic carbocycles. The van der Waals surface area contributed by atoms with Crippen molar-refractivity contribution in [2.75, 3.05) is 25.6 Å². The minimum atomic E-state index is 1.05. The standard InChI is InChI=1S/C3H5I.C3H9N/c1-2-3-4;1-4(2)3/h2H,1,3H2;1-3H3. The van der Waals surface area contributed by atoms with E-state index in [1.807, 2.05) is 32.1 Å². The van der Waals surface area contributed by atoms with E-state index in [1.54, 1.807) is 0 Å². The molecule has 0 atom stereocenters. The Labute approximate surface area is 65.9 Å². The van der Waals surface area contributed by atoms with Gasteiger partial charge < -0.3 is 4.90 Å². The third-order valence-corrected chi connectivity index (χ3v) is 0.732. The normalized spacial score (nSPS) is 7.62. The summed E-state index contributed by atoms with van der Waals surface area (Å²) >= 11 is 2.23. The summed E-state index contributed by atoms with van der Waals surface area (Å²) in [6.07, 6.45) is 1.86. The molecule has 8 heavy (non-hydrogen) atoms. The zero-order valence-electron chi connectivity index (χ0n) is 5.82. The molecule has 0 heterocycles. The molecule has 0 saturated carbocycles. The molecular formula is C6H14IN. The van der Waals surface area contributed by atoms with Gasteiger partial charge in [-0.1, -0.05) is 28.7 Å². The number of rotatable bonds is 1. The molecule has 0 aliphatic heterocycles. The molecule has 0 radical (unpaired) electrons. The number of hydrogen-bond donors (Lipinski definition) is 0. The molecular weight excluding hydrogens is 213 g/mol. The Morgan fingerprint density at radius 2 is 1.62 bits per heavy atom. The lowest BCUT2D eigenvalue weighted by Crippen LogP contribution is -1.99. The molecule has 0 aliphatic rings. The third kappa shape index (κ3) is 92.7. The fraction of sp³-hybridized carbons (Fsp3) is 0.667. The van der Waals surface area contributed by atoms with E-state index in [-0.39, 0.29) is 0 Å². The first-order chi connectivity index (χ1) is 3.65. The highest BCUT2D eigenvalue weighted by atomic mass is 127. The molecule has 0 aliphatic carbocycles. The minimum Gasteiger partial charge on any atom is -0.312 e. The fourth-order valence-corrected chi connectivity index (χ4v) is 0. The van der Waals surface area contributed by atoms with Gasteiger partial charge in [-0.3, -0.25) is 0 Å². The predicted molar refractivity (Wildman–Crippen MR) is 48.7 cm³/mol. The predicted octanol–water partition coefficient (Wildman–Crippen LogP) is 1.79. The largest absolute Gasteiger partial charge is 0.312 e. The van der Waals surface area contributed by atoms with Crippen LogP contribution in [0.1, 0.15) is 0 Å². The van der Waals surface area contributed by atoms with Crippen LogP contribution < -0.4 is 0 Å². The molecule has 0 amide bonds. The highest BCUT2D eigenvalue weighted by Gasteiger charge is 1.58. The molecule has 0 N–H and O–H groups in total. The van der Waals surface area contributed by atoms with Crippen molar-refractivity contribution in [3.63, 3.8) is 0 Å². The molecule has 0 rings (SSSR count). The summed E-state index contributed by atoms with van der Waals surface area (Å²) in [5.41, 5.74) is 0. The van der Waals surface area contributed by atoms with Gasteiger partial charge in [0.25, 0.3) is 0 Å². The minimum absolute atomic E-state index is 1.05. The molecule has 0 aromatic rings. The van der Waals surface area contributed by atoms with Gasteiger partial charge in [0.2, 0.25) is 0 Å². The van der Waals surface area contributed by atoms with Crippen LogP contribution in [0.4, 0.5) is 0 Å². The Balaban J connectivity index is 0. The maximum atomic E-state index is 3.47. The van der Waals surface area contributed by atoms with Crippen LogP contribution in [0.5, 0.6) is 0 Å². The van der Waals surface area contributed by atoms with Gasteiger partial charge in [-0.25, -0.2) is 0 Å². The maximum Gasteiger partial charge on any atom is 0.0173 e. The van der Waals surface area contributed by atoms with Crippen molar-refractivity contribution in [1.82, 2.24) is 4.90 Å². The van der Waals surface area contributed by atoms with Gasteiger partial charge in [0.15, 0.2) is 0 Å². The lowest BCUT2D eigenvalue weighted by Gasteiger charge is -1.90. The van der Waals surface area contributed by atoms with E-state index in [0.717, 1.165) is 4.43 Å². The van der Waals surface area contributed by atoms with Crippen molar-refractivity contribution >= 4 is 22.6 Å². The zero-order valence-corrected chi connectivity index (χ0v) is 7.97. The van der Waals surface area contributed by atoms with Crippen molar-refractivity contribution in [1.29, 1.82) is 0 Å². The van der Waals surface area contributed by atoms with Gasteiger partial charge in [0, 0.05) is 4.43 Å². The molecule has 50 valence electrons. The van der Waals surface area contributed by atoms with Crippen LogP contribution in [0.15, 0.2) is 12.7 Å². The van der Waals surface area contributed by atoms with E-state index >= 15 is 0 Å². The molecule has 0 bridgehead atoms.